The lowest BCUT2D eigenvalue weighted by molar-refractivity contribution is 0.0601. The van der Waals surface area contributed by atoms with Crippen LogP contribution < -0.4 is 4.74 Å². The zero-order chi connectivity index (χ0) is 16.9. The van der Waals surface area contributed by atoms with Crippen LogP contribution in [0.5, 0.6) is 5.75 Å². The van der Waals surface area contributed by atoms with Crippen molar-refractivity contribution in [3.8, 4) is 5.75 Å². The summed E-state index contributed by atoms with van der Waals surface area (Å²) in [4.78, 5) is 16.6. The number of carbonyl (C=O) groups excluding carboxylic acids is 1. The Balaban J connectivity index is 1.50. The molecule has 0 bridgehead atoms. The minimum absolute atomic E-state index is 0.0112. The summed E-state index contributed by atoms with van der Waals surface area (Å²) in [5, 5.41) is 0. The Hall–Kier alpha value is -2.27. The van der Waals surface area contributed by atoms with Gasteiger partial charge in [-0.05, 0) is 35.7 Å². The van der Waals surface area contributed by atoms with Crippen LogP contribution >= 0.6 is 0 Å². The van der Waals surface area contributed by atoms with Crippen molar-refractivity contribution in [2.24, 2.45) is 0 Å². The highest BCUT2D eigenvalue weighted by Crippen LogP contribution is 2.21. The molecule has 1 aromatic carbocycles. The second-order valence-electron chi connectivity index (χ2n) is 6.24. The number of hydrogen-bond donors (Lipinski definition) is 0. The van der Waals surface area contributed by atoms with Crippen LogP contribution in [0.1, 0.15) is 29.0 Å². The van der Waals surface area contributed by atoms with Crippen molar-refractivity contribution < 1.29 is 13.9 Å². The van der Waals surface area contributed by atoms with Gasteiger partial charge in [0, 0.05) is 32.7 Å². The van der Waals surface area contributed by atoms with Crippen LogP contribution in [-0.4, -0.2) is 55.5 Å². The number of furan rings is 1. The first-order chi connectivity index (χ1) is 11.7. The Kier molecular flexibility index (Phi) is 5.20. The van der Waals surface area contributed by atoms with E-state index in [9.17, 15) is 4.79 Å². The first-order valence-electron chi connectivity index (χ1n) is 8.36. The zero-order valence-electron chi connectivity index (χ0n) is 14.3. The summed E-state index contributed by atoms with van der Waals surface area (Å²) in [6, 6.07) is 11.7. The Morgan fingerprint density at radius 3 is 2.46 bits per heavy atom. The monoisotopic (exact) mass is 328 g/mol. The van der Waals surface area contributed by atoms with Crippen LogP contribution in [0, 0.1) is 0 Å². The molecular formula is C19H24N2O3. The molecule has 0 N–H and O–H groups in total. The number of hydrogen-bond acceptors (Lipinski definition) is 4. The normalized spacial score (nSPS) is 16.8. The zero-order valence-corrected chi connectivity index (χ0v) is 14.3. The van der Waals surface area contributed by atoms with Crippen LogP contribution in [0.15, 0.2) is 47.1 Å². The van der Waals surface area contributed by atoms with E-state index in [4.69, 9.17) is 9.15 Å². The third-order valence-corrected chi connectivity index (χ3v) is 4.61. The maximum Gasteiger partial charge on any atom is 0.289 e. The Morgan fingerprint density at radius 2 is 1.88 bits per heavy atom. The van der Waals surface area contributed by atoms with Crippen molar-refractivity contribution in [1.82, 2.24) is 9.80 Å². The van der Waals surface area contributed by atoms with Gasteiger partial charge in [-0.15, -0.1) is 0 Å². The van der Waals surface area contributed by atoms with Crippen LogP contribution in [0.25, 0.3) is 0 Å². The van der Waals surface area contributed by atoms with Gasteiger partial charge in [-0.3, -0.25) is 9.69 Å². The van der Waals surface area contributed by atoms with Crippen molar-refractivity contribution in [1.29, 1.82) is 0 Å². The van der Waals surface area contributed by atoms with Gasteiger partial charge >= 0.3 is 0 Å². The summed E-state index contributed by atoms with van der Waals surface area (Å²) in [5.41, 5.74) is 1.31. The number of ether oxygens (including phenoxy) is 1. The van der Waals surface area contributed by atoms with Gasteiger partial charge in [0.1, 0.15) is 5.75 Å². The van der Waals surface area contributed by atoms with Crippen molar-refractivity contribution in [2.75, 3.05) is 39.8 Å². The molecule has 2 aromatic rings. The summed E-state index contributed by atoms with van der Waals surface area (Å²) in [5.74, 6) is 1.75. The van der Waals surface area contributed by atoms with E-state index in [0.29, 0.717) is 11.7 Å². The minimum atomic E-state index is -0.0112. The number of amides is 1. The predicted molar refractivity (Wildman–Crippen MR) is 92.5 cm³/mol. The molecule has 3 rings (SSSR count). The molecule has 5 heteroatoms. The number of piperazine rings is 1. The second-order valence-corrected chi connectivity index (χ2v) is 6.24. The highest BCUT2D eigenvalue weighted by molar-refractivity contribution is 5.91. The van der Waals surface area contributed by atoms with Gasteiger partial charge < -0.3 is 14.1 Å². The summed E-state index contributed by atoms with van der Waals surface area (Å²) >= 11 is 0. The molecule has 1 aromatic heterocycles. The Morgan fingerprint density at radius 1 is 1.17 bits per heavy atom. The number of carbonyl (C=O) groups is 1. The maximum atomic E-state index is 12.3. The third kappa shape index (κ3) is 3.79. The molecule has 2 heterocycles. The number of methoxy groups -OCH3 is 1. The maximum absolute atomic E-state index is 12.3. The summed E-state index contributed by atoms with van der Waals surface area (Å²) in [7, 11) is 1.68. The minimum Gasteiger partial charge on any atom is -0.497 e. The standard InChI is InChI=1S/C19H24N2O3/c1-15(16-5-7-17(23-2)8-6-16)14-20-9-11-21(12-10-20)19(22)18-4-3-13-24-18/h3-8,13,15H,9-12,14H2,1-2H3/t15-/m1/s1. The molecule has 1 fully saturated rings. The molecular weight excluding hydrogens is 304 g/mol. The molecule has 1 aliphatic rings. The third-order valence-electron chi connectivity index (χ3n) is 4.61. The average Bonchev–Trinajstić information content (AvgIpc) is 3.16. The van der Waals surface area contributed by atoms with E-state index in [0.717, 1.165) is 38.5 Å². The molecule has 0 aliphatic carbocycles. The van der Waals surface area contributed by atoms with Gasteiger partial charge in [0.2, 0.25) is 0 Å². The topological polar surface area (TPSA) is 45.9 Å². The first-order valence-corrected chi connectivity index (χ1v) is 8.36. The largest absolute Gasteiger partial charge is 0.497 e. The van der Waals surface area contributed by atoms with E-state index in [2.05, 4.69) is 24.0 Å². The van der Waals surface area contributed by atoms with Gasteiger partial charge in [-0.1, -0.05) is 19.1 Å². The Labute approximate surface area is 142 Å². The van der Waals surface area contributed by atoms with Gasteiger partial charge in [-0.2, -0.15) is 0 Å². The van der Waals surface area contributed by atoms with E-state index in [-0.39, 0.29) is 5.91 Å². The fourth-order valence-electron chi connectivity index (χ4n) is 3.11. The van der Waals surface area contributed by atoms with E-state index >= 15 is 0 Å². The first kappa shape index (κ1) is 16.6. The van der Waals surface area contributed by atoms with Crippen LogP contribution in [-0.2, 0) is 0 Å². The molecule has 0 radical (unpaired) electrons. The summed E-state index contributed by atoms with van der Waals surface area (Å²) in [6.45, 7) is 6.51. The van der Waals surface area contributed by atoms with Crippen molar-refractivity contribution in [3.63, 3.8) is 0 Å². The van der Waals surface area contributed by atoms with Crippen molar-refractivity contribution in [2.45, 2.75) is 12.8 Å². The SMILES string of the molecule is COc1ccc([C@H](C)CN2CCN(C(=O)c3ccco3)CC2)cc1. The molecule has 0 saturated carbocycles. The van der Waals surface area contributed by atoms with E-state index in [1.54, 1.807) is 25.5 Å². The second kappa shape index (κ2) is 7.53. The highest BCUT2D eigenvalue weighted by Gasteiger charge is 2.24. The summed E-state index contributed by atoms with van der Waals surface area (Å²) in [6.07, 6.45) is 1.54. The van der Waals surface area contributed by atoms with Gasteiger partial charge in [-0.25, -0.2) is 0 Å². The molecule has 1 amide bonds. The smallest absolute Gasteiger partial charge is 0.289 e. The molecule has 1 saturated heterocycles. The summed E-state index contributed by atoms with van der Waals surface area (Å²) < 4.78 is 10.4. The average molecular weight is 328 g/mol. The van der Waals surface area contributed by atoms with Crippen LogP contribution in [0.4, 0.5) is 0 Å². The molecule has 0 unspecified atom stereocenters. The lowest BCUT2D eigenvalue weighted by Gasteiger charge is -2.35. The molecule has 1 aliphatic heterocycles. The number of nitrogens with zero attached hydrogens (tertiary/aromatic N) is 2. The number of rotatable bonds is 5. The van der Waals surface area contributed by atoms with E-state index in [1.165, 1.54) is 5.56 Å². The van der Waals surface area contributed by atoms with Gasteiger partial charge in [0.25, 0.3) is 5.91 Å². The fraction of sp³-hybridized carbons (Fsp3) is 0.421. The predicted octanol–water partition coefficient (Wildman–Crippen LogP) is 2.85. The highest BCUT2D eigenvalue weighted by atomic mass is 16.5. The molecule has 0 spiro atoms. The van der Waals surface area contributed by atoms with Gasteiger partial charge in [0.05, 0.1) is 13.4 Å². The van der Waals surface area contributed by atoms with E-state index < -0.39 is 0 Å². The fourth-order valence-corrected chi connectivity index (χ4v) is 3.11. The lowest BCUT2D eigenvalue weighted by atomic mass is 10.00. The van der Waals surface area contributed by atoms with E-state index in [1.807, 2.05) is 17.0 Å². The Bertz CT molecular complexity index is 644. The van der Waals surface area contributed by atoms with Crippen LogP contribution in [0.2, 0.25) is 0 Å². The number of benzene rings is 1. The quantitative estimate of drug-likeness (QED) is 0.847. The molecule has 1 atom stereocenters. The van der Waals surface area contributed by atoms with Crippen molar-refractivity contribution in [3.05, 3.63) is 54.0 Å². The van der Waals surface area contributed by atoms with Gasteiger partial charge in [0.15, 0.2) is 5.76 Å². The molecule has 5 nitrogen and oxygen atoms in total. The lowest BCUT2D eigenvalue weighted by Crippen LogP contribution is -2.49. The molecule has 24 heavy (non-hydrogen) atoms. The van der Waals surface area contributed by atoms with Crippen LogP contribution in [0.3, 0.4) is 0 Å². The van der Waals surface area contributed by atoms with Crippen molar-refractivity contribution >= 4 is 5.91 Å². The molecule has 128 valence electrons.